The van der Waals surface area contributed by atoms with Crippen LogP contribution in [0.25, 0.3) is 0 Å². The Morgan fingerprint density at radius 1 is 1.09 bits per heavy atom. The van der Waals surface area contributed by atoms with Gasteiger partial charge in [0.15, 0.2) is 6.29 Å². The summed E-state index contributed by atoms with van der Waals surface area (Å²) in [4.78, 5) is 0. The van der Waals surface area contributed by atoms with Gasteiger partial charge in [-0.2, -0.15) is 0 Å². The van der Waals surface area contributed by atoms with Crippen LogP contribution in [0.3, 0.4) is 0 Å². The Balaban J connectivity index is 2.03. The summed E-state index contributed by atoms with van der Waals surface area (Å²) in [6.45, 7) is -0.301. The smallest absolute Gasteiger partial charge is 0.187 e. The average molecular weight is 162 g/mol. The first-order valence-corrected chi connectivity index (χ1v) is 3.52. The summed E-state index contributed by atoms with van der Waals surface area (Å²) in [6.07, 6.45) is -3.50. The summed E-state index contributed by atoms with van der Waals surface area (Å²) < 4.78 is 9.86. The average Bonchev–Trinajstić information content (AvgIpc) is 2.75. The Kier molecular flexibility index (Phi) is 1.62. The van der Waals surface area contributed by atoms with Gasteiger partial charge >= 0.3 is 0 Å². The second-order valence-corrected chi connectivity index (χ2v) is 2.81. The molecule has 0 spiro atoms. The van der Waals surface area contributed by atoms with Crippen molar-refractivity contribution in [2.45, 2.75) is 30.7 Å². The lowest BCUT2D eigenvalue weighted by molar-refractivity contribution is -0.144. The minimum Gasteiger partial charge on any atom is -0.394 e. The van der Waals surface area contributed by atoms with E-state index in [-0.39, 0.29) is 6.61 Å². The maximum absolute atomic E-state index is 9.22. The quantitative estimate of drug-likeness (QED) is 0.382. The Labute approximate surface area is 63.2 Å². The topological polar surface area (TPSA) is 82.5 Å². The zero-order valence-electron chi connectivity index (χ0n) is 5.75. The van der Waals surface area contributed by atoms with Gasteiger partial charge in [-0.3, -0.25) is 0 Å². The van der Waals surface area contributed by atoms with Gasteiger partial charge in [-0.25, -0.2) is 0 Å². The monoisotopic (exact) mass is 162 g/mol. The molecular formula is C6H10O5. The van der Waals surface area contributed by atoms with Crippen molar-refractivity contribution in [3.05, 3.63) is 0 Å². The van der Waals surface area contributed by atoms with Crippen LogP contribution in [-0.4, -0.2) is 52.6 Å². The first kappa shape index (κ1) is 7.45. The van der Waals surface area contributed by atoms with Crippen molar-refractivity contribution in [1.82, 2.24) is 0 Å². The lowest BCUT2D eigenvalue weighted by Crippen LogP contribution is -2.48. The molecule has 0 bridgehead atoms. The van der Waals surface area contributed by atoms with E-state index < -0.39 is 30.7 Å². The number of hydrogen-bond donors (Lipinski definition) is 3. The van der Waals surface area contributed by atoms with Crippen molar-refractivity contribution in [1.29, 1.82) is 0 Å². The minimum atomic E-state index is -1.04. The summed E-state index contributed by atoms with van der Waals surface area (Å²) in [7, 11) is 0. The van der Waals surface area contributed by atoms with Crippen molar-refractivity contribution in [2.24, 2.45) is 0 Å². The molecule has 0 saturated carbocycles. The van der Waals surface area contributed by atoms with Crippen molar-refractivity contribution < 1.29 is 24.8 Å². The highest BCUT2D eigenvalue weighted by atomic mass is 16.8. The molecule has 5 heteroatoms. The van der Waals surface area contributed by atoms with Crippen LogP contribution in [0.5, 0.6) is 0 Å². The largest absolute Gasteiger partial charge is 0.394 e. The van der Waals surface area contributed by atoms with E-state index in [2.05, 4.69) is 0 Å². The highest BCUT2D eigenvalue weighted by molar-refractivity contribution is 4.96. The lowest BCUT2D eigenvalue weighted by Gasteiger charge is -2.27. The molecule has 0 amide bonds. The molecule has 64 valence electrons. The van der Waals surface area contributed by atoms with Crippen LogP contribution in [0.4, 0.5) is 0 Å². The van der Waals surface area contributed by atoms with Gasteiger partial charge in [-0.15, -0.1) is 0 Å². The van der Waals surface area contributed by atoms with E-state index in [9.17, 15) is 10.2 Å². The van der Waals surface area contributed by atoms with E-state index in [1.807, 2.05) is 0 Å². The normalized spacial score (nSPS) is 55.4. The highest BCUT2D eigenvalue weighted by Gasteiger charge is 2.55. The lowest BCUT2D eigenvalue weighted by atomic mass is 10.0. The number of aliphatic hydroxyl groups is 3. The molecule has 5 nitrogen and oxygen atoms in total. The van der Waals surface area contributed by atoms with E-state index in [1.54, 1.807) is 0 Å². The van der Waals surface area contributed by atoms with Crippen molar-refractivity contribution in [3.8, 4) is 0 Å². The second-order valence-electron chi connectivity index (χ2n) is 2.81. The third kappa shape index (κ3) is 1.05. The minimum absolute atomic E-state index is 0.301. The second kappa shape index (κ2) is 2.40. The molecular weight excluding hydrogens is 152 g/mol. The van der Waals surface area contributed by atoms with E-state index in [4.69, 9.17) is 14.6 Å². The molecule has 2 aliphatic rings. The van der Waals surface area contributed by atoms with E-state index in [1.165, 1.54) is 0 Å². The molecule has 2 heterocycles. The van der Waals surface area contributed by atoms with Gasteiger partial charge in [0.05, 0.1) is 6.61 Å². The summed E-state index contributed by atoms with van der Waals surface area (Å²) in [5.41, 5.74) is 0. The van der Waals surface area contributed by atoms with Crippen LogP contribution in [-0.2, 0) is 9.47 Å². The van der Waals surface area contributed by atoms with Crippen LogP contribution < -0.4 is 0 Å². The Morgan fingerprint density at radius 3 is 2.45 bits per heavy atom. The predicted molar refractivity (Wildman–Crippen MR) is 32.6 cm³/mol. The first-order chi connectivity index (χ1) is 5.24. The van der Waals surface area contributed by atoms with Crippen molar-refractivity contribution in [3.63, 3.8) is 0 Å². The van der Waals surface area contributed by atoms with Gasteiger partial charge < -0.3 is 24.8 Å². The molecule has 0 aromatic heterocycles. The Morgan fingerprint density at radius 2 is 1.82 bits per heavy atom. The molecule has 2 rings (SSSR count). The van der Waals surface area contributed by atoms with Gasteiger partial charge in [0.2, 0.25) is 0 Å². The number of aliphatic hydroxyl groups excluding tert-OH is 3. The van der Waals surface area contributed by atoms with Gasteiger partial charge in [0, 0.05) is 0 Å². The van der Waals surface area contributed by atoms with Gasteiger partial charge in [-0.05, 0) is 0 Å². The fourth-order valence-electron chi connectivity index (χ4n) is 1.28. The molecule has 2 saturated heterocycles. The number of epoxide rings is 1. The van der Waals surface area contributed by atoms with Crippen LogP contribution in [0, 0.1) is 0 Å². The number of fused-ring (bicyclic) bond motifs is 1. The number of ether oxygens (including phenoxy) is 2. The molecule has 0 aromatic carbocycles. The Hall–Kier alpha value is -0.200. The zero-order chi connectivity index (χ0) is 8.01. The highest BCUT2D eigenvalue weighted by Crippen LogP contribution is 2.35. The van der Waals surface area contributed by atoms with Crippen LogP contribution in [0.15, 0.2) is 0 Å². The molecule has 2 fully saturated rings. The van der Waals surface area contributed by atoms with Crippen LogP contribution >= 0.6 is 0 Å². The van der Waals surface area contributed by atoms with Crippen LogP contribution in [0.1, 0.15) is 0 Å². The van der Waals surface area contributed by atoms with E-state index in [0.29, 0.717) is 0 Å². The SMILES string of the molecule is OC[C@H]1OC2O[C@@H]2[C@@H](O)[C@@H]1O. The molecule has 0 radical (unpaired) electrons. The molecule has 0 aromatic rings. The predicted octanol–water partition coefficient (Wildman–Crippen LogP) is -2.18. The van der Waals surface area contributed by atoms with E-state index in [0.717, 1.165) is 0 Å². The van der Waals surface area contributed by atoms with Crippen molar-refractivity contribution >= 4 is 0 Å². The summed E-state index contributed by atoms with van der Waals surface area (Å²) in [5, 5.41) is 27.1. The number of rotatable bonds is 1. The third-order valence-corrected chi connectivity index (χ3v) is 2.04. The molecule has 5 atom stereocenters. The van der Waals surface area contributed by atoms with Gasteiger partial charge in [0.25, 0.3) is 0 Å². The molecule has 11 heavy (non-hydrogen) atoms. The fourth-order valence-corrected chi connectivity index (χ4v) is 1.28. The molecule has 1 unspecified atom stereocenters. The number of hydrogen-bond acceptors (Lipinski definition) is 5. The van der Waals surface area contributed by atoms with Gasteiger partial charge in [-0.1, -0.05) is 0 Å². The standard InChI is InChI=1S/C6H10O5/c7-1-2-3(8)4(9)5-6(10-2)11-5/h2-9H,1H2/t2-,3-,4+,5-,6?/m1/s1. The molecule has 0 aliphatic carbocycles. The fraction of sp³-hybridized carbons (Fsp3) is 1.00. The van der Waals surface area contributed by atoms with Crippen molar-refractivity contribution in [2.75, 3.05) is 6.61 Å². The molecule has 2 aliphatic heterocycles. The maximum Gasteiger partial charge on any atom is 0.187 e. The van der Waals surface area contributed by atoms with Crippen LogP contribution in [0.2, 0.25) is 0 Å². The zero-order valence-corrected chi connectivity index (χ0v) is 5.75. The first-order valence-electron chi connectivity index (χ1n) is 3.52. The van der Waals surface area contributed by atoms with Gasteiger partial charge in [0.1, 0.15) is 24.4 Å². The van der Waals surface area contributed by atoms with E-state index >= 15 is 0 Å². The Bertz CT molecular complexity index is 161. The molecule has 3 N–H and O–H groups in total. The summed E-state index contributed by atoms with van der Waals surface area (Å²) in [6, 6.07) is 0. The third-order valence-electron chi connectivity index (χ3n) is 2.04. The maximum atomic E-state index is 9.22. The summed E-state index contributed by atoms with van der Waals surface area (Å²) in [5.74, 6) is 0. The summed E-state index contributed by atoms with van der Waals surface area (Å²) >= 11 is 0.